The highest BCUT2D eigenvalue weighted by atomic mass is 16.4. The van der Waals surface area contributed by atoms with Crippen LogP contribution in [0.25, 0.3) is 0 Å². The average molecular weight is 194 g/mol. The Morgan fingerprint density at radius 2 is 2.14 bits per heavy atom. The molecule has 0 aliphatic heterocycles. The molecule has 74 valence electrons. The monoisotopic (exact) mass is 194 g/mol. The number of carbonyl (C=O) groups excluding carboxylic acids is 1. The van der Waals surface area contributed by atoms with Crippen molar-refractivity contribution in [3.05, 3.63) is 23.8 Å². The molecule has 0 aliphatic carbocycles. The Morgan fingerprint density at radius 3 is 2.71 bits per heavy atom. The molecule has 0 atom stereocenters. The summed E-state index contributed by atoms with van der Waals surface area (Å²) >= 11 is 0. The number of carbonyl (C=O) groups is 2. The number of Topliss-reactive ketones (excluding diaryl/α,β-unsaturated/α-hetero) is 1. The number of aryl methyl sites for hydroxylation is 1. The first-order valence-corrected chi connectivity index (χ1v) is 4.13. The van der Waals surface area contributed by atoms with Crippen LogP contribution in [0.2, 0.25) is 0 Å². The van der Waals surface area contributed by atoms with Gasteiger partial charge in [0.1, 0.15) is 6.33 Å². The molecule has 1 aromatic rings. The Hall–Kier alpha value is -1.78. The average Bonchev–Trinajstić information content (AvgIpc) is 2.15. The minimum absolute atomic E-state index is 0.0104. The lowest BCUT2D eigenvalue weighted by Gasteiger charge is -2.00. The van der Waals surface area contributed by atoms with Crippen molar-refractivity contribution in [2.24, 2.45) is 0 Å². The molecule has 0 fully saturated rings. The first-order valence-electron chi connectivity index (χ1n) is 4.13. The lowest BCUT2D eigenvalue weighted by atomic mass is 10.1. The van der Waals surface area contributed by atoms with Crippen molar-refractivity contribution in [1.82, 2.24) is 9.97 Å². The van der Waals surface area contributed by atoms with E-state index in [1.807, 2.05) is 0 Å². The third-order valence-electron chi connectivity index (χ3n) is 1.78. The van der Waals surface area contributed by atoms with Gasteiger partial charge in [-0.05, 0) is 6.92 Å². The summed E-state index contributed by atoms with van der Waals surface area (Å²) in [7, 11) is 0. The van der Waals surface area contributed by atoms with E-state index in [2.05, 4.69) is 9.97 Å². The SMILES string of the molecule is Cc1ncncc1C(=O)CCC(=O)O. The second kappa shape index (κ2) is 4.45. The zero-order chi connectivity index (χ0) is 10.6. The molecule has 0 saturated heterocycles. The van der Waals surface area contributed by atoms with Crippen LogP contribution in [0.1, 0.15) is 28.9 Å². The van der Waals surface area contributed by atoms with Crippen LogP contribution >= 0.6 is 0 Å². The molecule has 0 aliphatic rings. The van der Waals surface area contributed by atoms with E-state index in [0.717, 1.165) is 0 Å². The van der Waals surface area contributed by atoms with Crippen molar-refractivity contribution in [3.63, 3.8) is 0 Å². The van der Waals surface area contributed by atoms with Gasteiger partial charge in [0.2, 0.25) is 0 Å². The van der Waals surface area contributed by atoms with E-state index in [9.17, 15) is 9.59 Å². The quantitative estimate of drug-likeness (QED) is 0.718. The molecule has 1 N–H and O–H groups in total. The fourth-order valence-corrected chi connectivity index (χ4v) is 1.02. The lowest BCUT2D eigenvalue weighted by molar-refractivity contribution is -0.136. The van der Waals surface area contributed by atoms with Crippen molar-refractivity contribution in [3.8, 4) is 0 Å². The Labute approximate surface area is 80.8 Å². The number of carboxylic acids is 1. The number of carboxylic acid groups (broad SMARTS) is 1. The number of nitrogens with zero attached hydrogens (tertiary/aromatic N) is 2. The van der Waals surface area contributed by atoms with Crippen LogP contribution in [0.4, 0.5) is 0 Å². The van der Waals surface area contributed by atoms with E-state index < -0.39 is 5.97 Å². The number of aliphatic carboxylic acids is 1. The van der Waals surface area contributed by atoms with E-state index in [1.165, 1.54) is 12.5 Å². The highest BCUT2D eigenvalue weighted by Crippen LogP contribution is 2.06. The van der Waals surface area contributed by atoms with Gasteiger partial charge in [0.05, 0.1) is 17.7 Å². The third kappa shape index (κ3) is 2.62. The first kappa shape index (κ1) is 10.3. The first-order chi connectivity index (χ1) is 6.61. The normalized spacial score (nSPS) is 9.79. The minimum Gasteiger partial charge on any atom is -0.481 e. The highest BCUT2D eigenvalue weighted by molar-refractivity contribution is 5.97. The van der Waals surface area contributed by atoms with Crippen LogP contribution in [0.3, 0.4) is 0 Å². The molecule has 5 nitrogen and oxygen atoms in total. The van der Waals surface area contributed by atoms with E-state index in [0.29, 0.717) is 11.3 Å². The smallest absolute Gasteiger partial charge is 0.303 e. The molecular formula is C9H10N2O3. The molecular weight excluding hydrogens is 184 g/mol. The molecule has 1 rings (SSSR count). The molecule has 0 saturated carbocycles. The van der Waals surface area contributed by atoms with Gasteiger partial charge < -0.3 is 5.11 Å². The molecule has 0 spiro atoms. The molecule has 1 aromatic heterocycles. The van der Waals surface area contributed by atoms with Gasteiger partial charge in [-0.15, -0.1) is 0 Å². The van der Waals surface area contributed by atoms with E-state index in [1.54, 1.807) is 6.92 Å². The molecule has 0 radical (unpaired) electrons. The fraction of sp³-hybridized carbons (Fsp3) is 0.333. The molecule has 0 aromatic carbocycles. The largest absolute Gasteiger partial charge is 0.481 e. The second-order valence-electron chi connectivity index (χ2n) is 2.84. The Kier molecular flexibility index (Phi) is 3.28. The van der Waals surface area contributed by atoms with Crippen molar-refractivity contribution < 1.29 is 14.7 Å². The number of aromatic nitrogens is 2. The van der Waals surface area contributed by atoms with Crippen molar-refractivity contribution >= 4 is 11.8 Å². The Balaban J connectivity index is 2.70. The van der Waals surface area contributed by atoms with E-state index >= 15 is 0 Å². The fourth-order valence-electron chi connectivity index (χ4n) is 1.02. The van der Waals surface area contributed by atoms with Crippen molar-refractivity contribution in [2.75, 3.05) is 0 Å². The maximum absolute atomic E-state index is 11.4. The summed E-state index contributed by atoms with van der Waals surface area (Å²) in [6, 6.07) is 0. The van der Waals surface area contributed by atoms with Crippen LogP contribution in [0.15, 0.2) is 12.5 Å². The van der Waals surface area contributed by atoms with E-state index in [-0.39, 0.29) is 18.6 Å². The van der Waals surface area contributed by atoms with Gasteiger partial charge in [-0.3, -0.25) is 9.59 Å². The summed E-state index contributed by atoms with van der Waals surface area (Å²) in [5.41, 5.74) is 0.976. The molecule has 0 unspecified atom stereocenters. The summed E-state index contributed by atoms with van der Waals surface area (Å²) in [4.78, 5) is 29.2. The van der Waals surface area contributed by atoms with Gasteiger partial charge in [0.15, 0.2) is 5.78 Å². The molecule has 0 amide bonds. The number of hydrogen-bond acceptors (Lipinski definition) is 4. The molecule has 14 heavy (non-hydrogen) atoms. The number of hydrogen-bond donors (Lipinski definition) is 1. The Bertz CT molecular complexity index is 363. The summed E-state index contributed by atoms with van der Waals surface area (Å²) in [5.74, 6) is -1.21. The predicted octanol–water partition coefficient (Wildman–Crippen LogP) is 0.833. The second-order valence-corrected chi connectivity index (χ2v) is 2.84. The molecule has 0 bridgehead atoms. The molecule has 5 heteroatoms. The number of rotatable bonds is 4. The summed E-state index contributed by atoms with van der Waals surface area (Å²) < 4.78 is 0. The predicted molar refractivity (Wildman–Crippen MR) is 48.0 cm³/mol. The van der Waals surface area contributed by atoms with Crippen LogP contribution < -0.4 is 0 Å². The van der Waals surface area contributed by atoms with Gasteiger partial charge in [-0.2, -0.15) is 0 Å². The third-order valence-corrected chi connectivity index (χ3v) is 1.78. The van der Waals surface area contributed by atoms with Crippen LogP contribution in [-0.4, -0.2) is 26.8 Å². The van der Waals surface area contributed by atoms with Crippen LogP contribution in [0, 0.1) is 6.92 Å². The summed E-state index contributed by atoms with van der Waals surface area (Å²) in [5, 5.41) is 8.40. The maximum Gasteiger partial charge on any atom is 0.303 e. The van der Waals surface area contributed by atoms with Crippen molar-refractivity contribution in [2.45, 2.75) is 19.8 Å². The zero-order valence-corrected chi connectivity index (χ0v) is 7.73. The maximum atomic E-state index is 11.4. The summed E-state index contributed by atoms with van der Waals surface area (Å²) in [6.07, 6.45) is 2.59. The van der Waals surface area contributed by atoms with Gasteiger partial charge in [-0.1, -0.05) is 0 Å². The van der Waals surface area contributed by atoms with Crippen LogP contribution in [-0.2, 0) is 4.79 Å². The standard InChI is InChI=1S/C9H10N2O3/c1-6-7(4-10-5-11-6)8(12)2-3-9(13)14/h4-5H,2-3H2,1H3,(H,13,14). The molecule has 1 heterocycles. The Morgan fingerprint density at radius 1 is 1.43 bits per heavy atom. The number of ketones is 1. The summed E-state index contributed by atoms with van der Waals surface area (Å²) in [6.45, 7) is 1.69. The van der Waals surface area contributed by atoms with Gasteiger partial charge in [-0.25, -0.2) is 9.97 Å². The topological polar surface area (TPSA) is 80.2 Å². The van der Waals surface area contributed by atoms with Gasteiger partial charge in [0, 0.05) is 12.6 Å². The van der Waals surface area contributed by atoms with Crippen molar-refractivity contribution in [1.29, 1.82) is 0 Å². The lowest BCUT2D eigenvalue weighted by Crippen LogP contribution is -2.06. The minimum atomic E-state index is -0.979. The van der Waals surface area contributed by atoms with Gasteiger partial charge in [0.25, 0.3) is 0 Å². The van der Waals surface area contributed by atoms with Gasteiger partial charge >= 0.3 is 5.97 Å². The zero-order valence-electron chi connectivity index (χ0n) is 7.73. The van der Waals surface area contributed by atoms with Crippen LogP contribution in [0.5, 0.6) is 0 Å². The highest BCUT2D eigenvalue weighted by Gasteiger charge is 2.11. The van der Waals surface area contributed by atoms with E-state index in [4.69, 9.17) is 5.11 Å².